The van der Waals surface area contributed by atoms with Crippen molar-refractivity contribution in [1.29, 1.82) is 0 Å². The van der Waals surface area contributed by atoms with Gasteiger partial charge in [0.25, 0.3) is 0 Å². The molecule has 0 aliphatic carbocycles. The first kappa shape index (κ1) is 16.9. The molecule has 0 aromatic carbocycles. The molecular formula is C12H24N2O4. The van der Waals surface area contributed by atoms with E-state index >= 15 is 0 Å². The molecule has 0 bridgehead atoms. The van der Waals surface area contributed by atoms with E-state index in [4.69, 9.17) is 15.6 Å². The minimum Gasteiger partial charge on any atom is -0.481 e. The molecule has 0 spiro atoms. The second-order valence-corrected chi connectivity index (χ2v) is 4.46. The maximum Gasteiger partial charge on any atom is 0.303 e. The van der Waals surface area contributed by atoms with Gasteiger partial charge in [0.05, 0.1) is 12.1 Å². The number of ether oxygens (including phenoxy) is 1. The number of hydrogen-bond acceptors (Lipinski definition) is 4. The fourth-order valence-corrected chi connectivity index (χ4v) is 1.30. The van der Waals surface area contributed by atoms with Gasteiger partial charge in [-0.15, -0.1) is 0 Å². The van der Waals surface area contributed by atoms with Crippen LogP contribution in [0.5, 0.6) is 0 Å². The first-order valence-corrected chi connectivity index (χ1v) is 6.30. The van der Waals surface area contributed by atoms with Crippen LogP contribution < -0.4 is 11.1 Å². The molecule has 0 aliphatic heterocycles. The summed E-state index contributed by atoms with van der Waals surface area (Å²) in [6.45, 7) is 5.17. The van der Waals surface area contributed by atoms with Gasteiger partial charge in [-0.3, -0.25) is 9.59 Å². The Morgan fingerprint density at radius 1 is 1.33 bits per heavy atom. The van der Waals surface area contributed by atoms with Crippen LogP contribution in [0.15, 0.2) is 0 Å². The molecule has 1 amide bonds. The fourth-order valence-electron chi connectivity index (χ4n) is 1.30. The molecule has 6 nitrogen and oxygen atoms in total. The molecule has 0 aromatic heterocycles. The van der Waals surface area contributed by atoms with E-state index in [1.54, 1.807) is 0 Å². The molecule has 0 saturated carbocycles. The summed E-state index contributed by atoms with van der Waals surface area (Å²) < 4.78 is 5.36. The Bertz CT molecular complexity index is 256. The maximum absolute atomic E-state index is 11.4. The van der Waals surface area contributed by atoms with Crippen LogP contribution in [0.3, 0.4) is 0 Å². The normalized spacial score (nSPS) is 12.4. The molecule has 18 heavy (non-hydrogen) atoms. The number of nitrogens with one attached hydrogen (secondary N) is 1. The smallest absolute Gasteiger partial charge is 0.303 e. The van der Waals surface area contributed by atoms with Crippen molar-refractivity contribution in [3.63, 3.8) is 0 Å². The van der Waals surface area contributed by atoms with E-state index in [9.17, 15) is 9.59 Å². The van der Waals surface area contributed by atoms with Gasteiger partial charge in [-0.2, -0.15) is 0 Å². The van der Waals surface area contributed by atoms with Crippen molar-refractivity contribution >= 4 is 11.9 Å². The Morgan fingerprint density at radius 2 is 2.00 bits per heavy atom. The molecule has 1 unspecified atom stereocenters. The molecule has 0 fully saturated rings. The molecule has 6 heteroatoms. The molecule has 0 radical (unpaired) electrons. The lowest BCUT2D eigenvalue weighted by molar-refractivity contribution is -0.137. The second kappa shape index (κ2) is 9.85. The number of hydrogen-bond donors (Lipinski definition) is 3. The lowest BCUT2D eigenvalue weighted by atomic mass is 10.1. The van der Waals surface area contributed by atoms with Crippen LogP contribution in [0.4, 0.5) is 0 Å². The average Bonchev–Trinajstić information content (AvgIpc) is 2.29. The molecule has 0 aliphatic rings. The molecular weight excluding hydrogens is 236 g/mol. The standard InChI is InChI=1S/C12H24N2O4/c1-9(2)18-8-4-3-7-14-12(17)10(13)5-6-11(15)16/h9-10H,3-8,13H2,1-2H3,(H,14,17)(H,15,16). The van der Waals surface area contributed by atoms with E-state index in [0.29, 0.717) is 13.2 Å². The Balaban J connectivity index is 3.49. The van der Waals surface area contributed by atoms with E-state index in [0.717, 1.165) is 12.8 Å². The minimum absolute atomic E-state index is 0.0865. The van der Waals surface area contributed by atoms with Crippen LogP contribution in [0, 0.1) is 0 Å². The summed E-state index contributed by atoms with van der Waals surface area (Å²) in [6.07, 6.45) is 2.01. The molecule has 0 rings (SSSR count). The number of rotatable bonds is 10. The van der Waals surface area contributed by atoms with Gasteiger partial charge in [0.2, 0.25) is 5.91 Å². The third-order valence-electron chi connectivity index (χ3n) is 2.33. The van der Waals surface area contributed by atoms with Gasteiger partial charge in [0.15, 0.2) is 0 Å². The molecule has 4 N–H and O–H groups in total. The molecule has 106 valence electrons. The zero-order chi connectivity index (χ0) is 14.0. The number of carbonyl (C=O) groups is 2. The molecule has 0 heterocycles. The van der Waals surface area contributed by atoms with Crippen molar-refractivity contribution in [2.24, 2.45) is 5.73 Å². The van der Waals surface area contributed by atoms with E-state index in [1.165, 1.54) is 0 Å². The molecule has 0 aromatic rings. The minimum atomic E-state index is -0.941. The van der Waals surface area contributed by atoms with Gasteiger partial charge in [0, 0.05) is 19.6 Å². The van der Waals surface area contributed by atoms with Crippen LogP contribution in [0.1, 0.15) is 39.5 Å². The number of unbranched alkanes of at least 4 members (excludes halogenated alkanes) is 1. The highest BCUT2D eigenvalue weighted by Gasteiger charge is 2.13. The Kier molecular flexibility index (Phi) is 9.22. The third kappa shape index (κ3) is 10.0. The number of amides is 1. The van der Waals surface area contributed by atoms with E-state index in [1.807, 2.05) is 13.8 Å². The van der Waals surface area contributed by atoms with Crippen LogP contribution in [0.2, 0.25) is 0 Å². The molecule has 0 saturated heterocycles. The predicted octanol–water partition coefficient (Wildman–Crippen LogP) is 0.500. The third-order valence-corrected chi connectivity index (χ3v) is 2.33. The number of nitrogens with two attached hydrogens (primary N) is 1. The topological polar surface area (TPSA) is 102 Å². The Morgan fingerprint density at radius 3 is 2.56 bits per heavy atom. The summed E-state index contributed by atoms with van der Waals surface area (Å²) in [5.41, 5.74) is 5.55. The Hall–Kier alpha value is -1.14. The summed E-state index contributed by atoms with van der Waals surface area (Å²) >= 11 is 0. The summed E-state index contributed by atoms with van der Waals surface area (Å²) in [5.74, 6) is -1.23. The van der Waals surface area contributed by atoms with Gasteiger partial charge in [-0.1, -0.05) is 0 Å². The predicted molar refractivity (Wildman–Crippen MR) is 68.2 cm³/mol. The highest BCUT2D eigenvalue weighted by Crippen LogP contribution is 1.96. The lowest BCUT2D eigenvalue weighted by Crippen LogP contribution is -2.41. The lowest BCUT2D eigenvalue weighted by Gasteiger charge is -2.11. The highest BCUT2D eigenvalue weighted by molar-refractivity contribution is 5.82. The van der Waals surface area contributed by atoms with Crippen LogP contribution in [-0.4, -0.2) is 42.3 Å². The average molecular weight is 260 g/mol. The van der Waals surface area contributed by atoms with E-state index in [2.05, 4.69) is 5.32 Å². The molecule has 1 atom stereocenters. The monoisotopic (exact) mass is 260 g/mol. The number of carboxylic acid groups (broad SMARTS) is 1. The summed E-state index contributed by atoms with van der Waals surface area (Å²) in [5, 5.41) is 11.1. The number of carboxylic acids is 1. The largest absolute Gasteiger partial charge is 0.481 e. The van der Waals surface area contributed by atoms with Gasteiger partial charge in [0.1, 0.15) is 0 Å². The zero-order valence-corrected chi connectivity index (χ0v) is 11.1. The van der Waals surface area contributed by atoms with Crippen LogP contribution in [-0.2, 0) is 14.3 Å². The summed E-state index contributed by atoms with van der Waals surface area (Å²) in [7, 11) is 0. The Labute approximate surface area is 108 Å². The van der Waals surface area contributed by atoms with Gasteiger partial charge in [-0.05, 0) is 33.1 Å². The SMILES string of the molecule is CC(C)OCCCCNC(=O)C(N)CCC(=O)O. The summed E-state index contributed by atoms with van der Waals surface area (Å²) in [6, 6.07) is -0.743. The van der Waals surface area contributed by atoms with Gasteiger partial charge in [-0.25, -0.2) is 0 Å². The van der Waals surface area contributed by atoms with Crippen molar-refractivity contribution in [2.45, 2.75) is 51.7 Å². The summed E-state index contributed by atoms with van der Waals surface area (Å²) in [4.78, 5) is 21.7. The van der Waals surface area contributed by atoms with Crippen LogP contribution >= 0.6 is 0 Å². The van der Waals surface area contributed by atoms with Crippen LogP contribution in [0.25, 0.3) is 0 Å². The van der Waals surface area contributed by atoms with Gasteiger partial charge >= 0.3 is 5.97 Å². The maximum atomic E-state index is 11.4. The first-order chi connectivity index (χ1) is 8.43. The van der Waals surface area contributed by atoms with Gasteiger partial charge < -0.3 is 20.9 Å². The van der Waals surface area contributed by atoms with Crippen molar-refractivity contribution < 1.29 is 19.4 Å². The quantitative estimate of drug-likeness (QED) is 0.496. The van der Waals surface area contributed by atoms with Crippen molar-refractivity contribution in [3.8, 4) is 0 Å². The van der Waals surface area contributed by atoms with Crippen molar-refractivity contribution in [3.05, 3.63) is 0 Å². The number of aliphatic carboxylic acids is 1. The first-order valence-electron chi connectivity index (χ1n) is 6.30. The highest BCUT2D eigenvalue weighted by atomic mass is 16.5. The fraction of sp³-hybridized carbons (Fsp3) is 0.833. The van der Waals surface area contributed by atoms with E-state index in [-0.39, 0.29) is 24.9 Å². The zero-order valence-electron chi connectivity index (χ0n) is 11.1. The second-order valence-electron chi connectivity index (χ2n) is 4.46. The van der Waals surface area contributed by atoms with E-state index < -0.39 is 12.0 Å². The van der Waals surface area contributed by atoms with Crippen molar-refractivity contribution in [1.82, 2.24) is 5.32 Å². The van der Waals surface area contributed by atoms with Crippen molar-refractivity contribution in [2.75, 3.05) is 13.2 Å². The number of carbonyl (C=O) groups excluding carboxylic acids is 1.